The number of carbonyl (C=O) groups is 1. The zero-order valence-corrected chi connectivity index (χ0v) is 11.0. The topological polar surface area (TPSA) is 46.5 Å². The van der Waals surface area contributed by atoms with Gasteiger partial charge in [-0.3, -0.25) is 4.79 Å². The Morgan fingerprint density at radius 1 is 1.56 bits per heavy atom. The molecule has 0 fully saturated rings. The van der Waals surface area contributed by atoms with Crippen molar-refractivity contribution >= 4 is 21.9 Å². The van der Waals surface area contributed by atoms with Crippen molar-refractivity contribution in [3.05, 3.63) is 28.2 Å². The number of hydrogen-bond acceptors (Lipinski definition) is 2. The minimum atomic E-state index is -0.758. The molecule has 0 saturated heterocycles. The molecule has 1 aromatic rings. The Bertz CT molecular complexity index is 377. The average Bonchev–Trinajstić information content (AvgIpc) is 2.26. The van der Waals surface area contributed by atoms with Crippen LogP contribution in [0.4, 0.5) is 0 Å². The van der Waals surface area contributed by atoms with Gasteiger partial charge in [-0.1, -0.05) is 28.9 Å². The Balaban J connectivity index is 2.76. The predicted octanol–water partition coefficient (Wildman–Crippen LogP) is 3.11. The second kappa shape index (κ2) is 5.89. The van der Waals surface area contributed by atoms with E-state index >= 15 is 0 Å². The maximum Gasteiger partial charge on any atom is 0.306 e. The molecule has 88 valence electrons. The fourth-order valence-electron chi connectivity index (χ4n) is 1.46. The van der Waals surface area contributed by atoms with E-state index in [9.17, 15) is 4.79 Å². The second-order valence-corrected chi connectivity index (χ2v) is 4.55. The van der Waals surface area contributed by atoms with Gasteiger partial charge in [-0.15, -0.1) is 0 Å². The molecular weight excluding hydrogens is 272 g/mol. The number of aliphatic carboxylic acids is 1. The maximum absolute atomic E-state index is 10.7. The number of benzene rings is 1. The van der Waals surface area contributed by atoms with E-state index in [4.69, 9.17) is 9.84 Å². The van der Waals surface area contributed by atoms with Crippen LogP contribution in [0.5, 0.6) is 5.75 Å². The van der Waals surface area contributed by atoms with E-state index in [0.717, 1.165) is 15.8 Å². The smallest absolute Gasteiger partial charge is 0.306 e. The summed E-state index contributed by atoms with van der Waals surface area (Å²) in [7, 11) is 1.62. The van der Waals surface area contributed by atoms with Gasteiger partial charge in [0.2, 0.25) is 0 Å². The van der Waals surface area contributed by atoms with Crippen LogP contribution in [0.1, 0.15) is 18.9 Å². The third-order valence-corrected chi connectivity index (χ3v) is 3.29. The van der Waals surface area contributed by atoms with Crippen molar-refractivity contribution in [2.24, 2.45) is 5.92 Å². The number of rotatable bonds is 5. The molecule has 1 rings (SSSR count). The van der Waals surface area contributed by atoms with Crippen molar-refractivity contribution < 1.29 is 14.6 Å². The monoisotopic (exact) mass is 286 g/mol. The van der Waals surface area contributed by atoms with Crippen molar-refractivity contribution in [2.45, 2.75) is 19.8 Å². The molecule has 0 spiro atoms. The maximum atomic E-state index is 10.7. The number of hydrogen-bond donors (Lipinski definition) is 1. The first-order valence-corrected chi connectivity index (χ1v) is 5.89. The van der Waals surface area contributed by atoms with Gasteiger partial charge in [0.15, 0.2) is 0 Å². The summed E-state index contributed by atoms with van der Waals surface area (Å²) >= 11 is 3.45. The molecule has 0 aromatic heterocycles. The lowest BCUT2D eigenvalue weighted by Crippen LogP contribution is -2.10. The van der Waals surface area contributed by atoms with Gasteiger partial charge in [-0.2, -0.15) is 0 Å². The molecule has 0 aliphatic rings. The molecule has 0 radical (unpaired) electrons. The van der Waals surface area contributed by atoms with Crippen LogP contribution in [0.25, 0.3) is 0 Å². The lowest BCUT2D eigenvalue weighted by molar-refractivity contribution is -0.141. The summed E-state index contributed by atoms with van der Waals surface area (Å²) < 4.78 is 6.20. The van der Waals surface area contributed by atoms with E-state index in [0.29, 0.717) is 12.8 Å². The summed E-state index contributed by atoms with van der Waals surface area (Å²) in [5.41, 5.74) is 1.03. The number of ether oxygens (including phenoxy) is 1. The average molecular weight is 287 g/mol. The number of carboxylic acids is 1. The molecule has 0 amide bonds. The molecule has 3 nitrogen and oxygen atoms in total. The molecule has 0 bridgehead atoms. The second-order valence-electron chi connectivity index (χ2n) is 3.70. The van der Waals surface area contributed by atoms with Crippen molar-refractivity contribution in [2.75, 3.05) is 7.11 Å². The van der Waals surface area contributed by atoms with Crippen LogP contribution in [-0.4, -0.2) is 18.2 Å². The quantitative estimate of drug-likeness (QED) is 0.905. The van der Waals surface area contributed by atoms with E-state index in [2.05, 4.69) is 15.9 Å². The molecule has 1 atom stereocenters. The van der Waals surface area contributed by atoms with Gasteiger partial charge in [-0.25, -0.2) is 0 Å². The van der Waals surface area contributed by atoms with Gasteiger partial charge in [0.25, 0.3) is 0 Å². The zero-order valence-electron chi connectivity index (χ0n) is 9.37. The largest absolute Gasteiger partial charge is 0.496 e. The van der Waals surface area contributed by atoms with Gasteiger partial charge >= 0.3 is 5.97 Å². The lowest BCUT2D eigenvalue weighted by atomic mass is 10.0. The summed E-state index contributed by atoms with van der Waals surface area (Å²) in [5.74, 6) is -0.296. The molecule has 0 heterocycles. The van der Waals surface area contributed by atoms with Gasteiger partial charge in [0, 0.05) is 10.0 Å². The van der Waals surface area contributed by atoms with Crippen molar-refractivity contribution in [1.29, 1.82) is 0 Å². The summed E-state index contributed by atoms with van der Waals surface area (Å²) in [6.07, 6.45) is 1.30. The fourth-order valence-corrected chi connectivity index (χ4v) is 2.00. The van der Waals surface area contributed by atoms with Crippen molar-refractivity contribution in [1.82, 2.24) is 0 Å². The van der Waals surface area contributed by atoms with Crippen LogP contribution < -0.4 is 4.74 Å². The molecule has 1 N–H and O–H groups in total. The van der Waals surface area contributed by atoms with E-state index in [1.807, 2.05) is 18.2 Å². The van der Waals surface area contributed by atoms with Crippen LogP contribution in [0.3, 0.4) is 0 Å². The molecule has 0 aliphatic carbocycles. The highest BCUT2D eigenvalue weighted by atomic mass is 79.9. The van der Waals surface area contributed by atoms with Crippen molar-refractivity contribution in [3.63, 3.8) is 0 Å². The molecule has 1 unspecified atom stereocenters. The van der Waals surface area contributed by atoms with Gasteiger partial charge < -0.3 is 9.84 Å². The summed E-state index contributed by atoms with van der Waals surface area (Å²) in [6.45, 7) is 1.71. The number of methoxy groups -OCH3 is 1. The number of halogens is 1. The summed E-state index contributed by atoms with van der Waals surface area (Å²) in [5, 5.41) is 8.81. The van der Waals surface area contributed by atoms with Crippen LogP contribution in [0.2, 0.25) is 0 Å². The SMILES string of the molecule is COc1cccc(Br)c1CCC(C)C(=O)O. The molecule has 0 saturated carbocycles. The summed E-state index contributed by atoms with van der Waals surface area (Å²) in [4.78, 5) is 10.7. The fraction of sp³-hybridized carbons (Fsp3) is 0.417. The molecular formula is C12H15BrO3. The Kier molecular flexibility index (Phi) is 4.80. The van der Waals surface area contributed by atoms with E-state index in [1.165, 1.54) is 0 Å². The summed E-state index contributed by atoms with van der Waals surface area (Å²) in [6, 6.07) is 5.71. The zero-order chi connectivity index (χ0) is 12.1. The Morgan fingerprint density at radius 3 is 2.81 bits per heavy atom. The lowest BCUT2D eigenvalue weighted by Gasteiger charge is -2.11. The minimum absolute atomic E-state index is 0.336. The van der Waals surface area contributed by atoms with E-state index in [1.54, 1.807) is 14.0 Å². The standard InChI is InChI=1S/C12H15BrO3/c1-8(12(14)15)6-7-9-10(13)4-3-5-11(9)16-2/h3-5,8H,6-7H2,1-2H3,(H,14,15). The van der Waals surface area contributed by atoms with Crippen molar-refractivity contribution in [3.8, 4) is 5.75 Å². The van der Waals surface area contributed by atoms with Crippen LogP contribution in [-0.2, 0) is 11.2 Å². The Morgan fingerprint density at radius 2 is 2.25 bits per heavy atom. The van der Waals surface area contributed by atoms with Gasteiger partial charge in [0.1, 0.15) is 5.75 Å². The van der Waals surface area contributed by atoms with Gasteiger partial charge in [0.05, 0.1) is 13.0 Å². The molecule has 16 heavy (non-hydrogen) atoms. The normalized spacial score (nSPS) is 12.2. The van der Waals surface area contributed by atoms with E-state index < -0.39 is 5.97 Å². The van der Waals surface area contributed by atoms with Crippen LogP contribution in [0, 0.1) is 5.92 Å². The Labute approximate surface area is 104 Å². The minimum Gasteiger partial charge on any atom is -0.496 e. The first-order chi connectivity index (χ1) is 7.56. The highest BCUT2D eigenvalue weighted by Gasteiger charge is 2.13. The van der Waals surface area contributed by atoms with Gasteiger partial charge in [-0.05, 0) is 25.0 Å². The highest BCUT2D eigenvalue weighted by molar-refractivity contribution is 9.10. The van der Waals surface area contributed by atoms with E-state index in [-0.39, 0.29) is 5.92 Å². The highest BCUT2D eigenvalue weighted by Crippen LogP contribution is 2.28. The molecule has 4 heteroatoms. The Hall–Kier alpha value is -1.03. The predicted molar refractivity (Wildman–Crippen MR) is 65.8 cm³/mol. The third-order valence-electron chi connectivity index (χ3n) is 2.54. The third kappa shape index (κ3) is 3.23. The van der Waals surface area contributed by atoms with Crippen LogP contribution >= 0.6 is 15.9 Å². The molecule has 1 aromatic carbocycles. The first kappa shape index (κ1) is 13.0. The number of carboxylic acid groups (broad SMARTS) is 1. The first-order valence-electron chi connectivity index (χ1n) is 5.10. The molecule has 0 aliphatic heterocycles. The van der Waals surface area contributed by atoms with Crippen LogP contribution in [0.15, 0.2) is 22.7 Å².